The highest BCUT2D eigenvalue weighted by Gasteiger charge is 2.31. The summed E-state index contributed by atoms with van der Waals surface area (Å²) in [5.41, 5.74) is 2.82. The molecule has 1 aromatic carbocycles. The van der Waals surface area contributed by atoms with Crippen LogP contribution in [0.2, 0.25) is 0 Å². The average Bonchev–Trinajstić information content (AvgIpc) is 3.26. The quantitative estimate of drug-likeness (QED) is 0.384. The molecule has 1 N–H and O–H groups in total. The van der Waals surface area contributed by atoms with Crippen LogP contribution in [0.15, 0.2) is 35.3 Å². The number of isocyanates is 1. The molecule has 2 amide bonds. The molecule has 180 valence electrons. The number of para-hydroxylation sites is 1. The minimum Gasteiger partial charge on any atom is -0.461 e. The first-order valence-corrected chi connectivity index (χ1v) is 12.0. The van der Waals surface area contributed by atoms with Gasteiger partial charge in [0.15, 0.2) is 5.69 Å². The van der Waals surface area contributed by atoms with E-state index in [9.17, 15) is 14.4 Å². The van der Waals surface area contributed by atoms with Crippen molar-refractivity contribution in [3.05, 3.63) is 47.3 Å². The predicted octanol–water partition coefficient (Wildman–Crippen LogP) is 3.26. The van der Waals surface area contributed by atoms with E-state index in [4.69, 9.17) is 4.74 Å². The maximum atomic E-state index is 13.0. The normalized spacial score (nSPS) is 19.6. The molecule has 0 bridgehead atoms. The average molecular weight is 466 g/mol. The lowest BCUT2D eigenvalue weighted by molar-refractivity contribution is 0.0516. The van der Waals surface area contributed by atoms with Gasteiger partial charge in [-0.15, -0.1) is 0 Å². The molecule has 2 aliphatic rings. The van der Waals surface area contributed by atoms with E-state index in [1.165, 1.54) is 0 Å². The maximum absolute atomic E-state index is 13.0. The first-order chi connectivity index (χ1) is 16.6. The van der Waals surface area contributed by atoms with Crippen LogP contribution in [0.1, 0.15) is 54.4 Å². The Labute approximate surface area is 199 Å². The van der Waals surface area contributed by atoms with E-state index in [1.807, 2.05) is 30.3 Å². The SMILES string of the molecule is CCOC(=O)c1nn(-c2ccccc2)c2c1CN(C(=O)NCC1CCCC(CN=C=O)C1)CC2. The van der Waals surface area contributed by atoms with Gasteiger partial charge >= 0.3 is 12.0 Å². The number of carbonyl (C=O) groups excluding carboxylic acids is 3. The number of ether oxygens (including phenoxy) is 1. The van der Waals surface area contributed by atoms with Crippen molar-refractivity contribution >= 4 is 18.1 Å². The van der Waals surface area contributed by atoms with E-state index >= 15 is 0 Å². The number of hydrogen-bond acceptors (Lipinski definition) is 6. The maximum Gasteiger partial charge on any atom is 0.359 e. The van der Waals surface area contributed by atoms with Crippen molar-refractivity contribution < 1.29 is 19.1 Å². The van der Waals surface area contributed by atoms with Gasteiger partial charge in [-0.2, -0.15) is 5.10 Å². The van der Waals surface area contributed by atoms with Crippen LogP contribution in [0.25, 0.3) is 5.69 Å². The molecule has 9 nitrogen and oxygen atoms in total. The third-order valence-electron chi connectivity index (χ3n) is 6.66. The van der Waals surface area contributed by atoms with Gasteiger partial charge in [0.05, 0.1) is 31.1 Å². The Balaban J connectivity index is 1.44. The van der Waals surface area contributed by atoms with Gasteiger partial charge in [0.1, 0.15) is 0 Å². The van der Waals surface area contributed by atoms with Gasteiger partial charge in [-0.3, -0.25) is 0 Å². The summed E-state index contributed by atoms with van der Waals surface area (Å²) in [7, 11) is 0. The molecule has 9 heteroatoms. The largest absolute Gasteiger partial charge is 0.461 e. The number of esters is 1. The molecule has 34 heavy (non-hydrogen) atoms. The van der Waals surface area contributed by atoms with E-state index in [0.29, 0.717) is 44.4 Å². The number of urea groups is 1. The minimum absolute atomic E-state index is 0.138. The standard InChI is InChI=1S/C25H31N5O4/c1-2-34-24(32)23-21-16-29(12-11-22(21)30(28-23)20-9-4-3-5-10-20)25(33)27-15-19-8-6-7-18(13-19)14-26-17-31/h3-5,9-10,18-19H,2,6-8,11-16H2,1H3,(H,27,33). The highest BCUT2D eigenvalue weighted by molar-refractivity contribution is 5.89. The number of nitrogens with one attached hydrogen (secondary N) is 1. The van der Waals surface area contributed by atoms with E-state index in [-0.39, 0.29) is 18.3 Å². The molecule has 0 spiro atoms. The summed E-state index contributed by atoms with van der Waals surface area (Å²) < 4.78 is 7.03. The van der Waals surface area contributed by atoms with Crippen LogP contribution >= 0.6 is 0 Å². The Morgan fingerprint density at radius 2 is 2.03 bits per heavy atom. The van der Waals surface area contributed by atoms with Gasteiger partial charge in [-0.05, 0) is 50.2 Å². The zero-order chi connectivity index (χ0) is 23.9. The summed E-state index contributed by atoms with van der Waals surface area (Å²) in [5, 5.41) is 7.65. The lowest BCUT2D eigenvalue weighted by Gasteiger charge is -2.31. The van der Waals surface area contributed by atoms with Crippen LogP contribution in [0.4, 0.5) is 4.79 Å². The second-order valence-corrected chi connectivity index (χ2v) is 8.93. The molecule has 2 atom stereocenters. The van der Waals surface area contributed by atoms with E-state index in [2.05, 4.69) is 15.4 Å². The highest BCUT2D eigenvalue weighted by Crippen LogP contribution is 2.29. The number of benzene rings is 1. The molecule has 2 aromatic rings. The first kappa shape index (κ1) is 23.7. The van der Waals surface area contributed by atoms with Crippen molar-refractivity contribution in [1.82, 2.24) is 20.0 Å². The monoisotopic (exact) mass is 465 g/mol. The summed E-state index contributed by atoms with van der Waals surface area (Å²) in [6, 6.07) is 9.54. The minimum atomic E-state index is -0.470. The van der Waals surface area contributed by atoms with Crippen molar-refractivity contribution in [3.63, 3.8) is 0 Å². The van der Waals surface area contributed by atoms with Crippen LogP contribution < -0.4 is 5.32 Å². The van der Waals surface area contributed by atoms with Crippen molar-refractivity contribution in [1.29, 1.82) is 0 Å². The number of rotatable bonds is 7. The number of aliphatic imine (C=N–C) groups is 1. The van der Waals surface area contributed by atoms with Crippen LogP contribution in [0.5, 0.6) is 0 Å². The van der Waals surface area contributed by atoms with Crippen LogP contribution in [0.3, 0.4) is 0 Å². The number of nitrogens with zero attached hydrogens (tertiary/aromatic N) is 4. The smallest absolute Gasteiger partial charge is 0.359 e. The molecular formula is C25H31N5O4. The molecule has 1 aliphatic carbocycles. The van der Waals surface area contributed by atoms with Crippen molar-refractivity contribution in [2.75, 3.05) is 26.2 Å². The van der Waals surface area contributed by atoms with Gasteiger partial charge in [0.25, 0.3) is 0 Å². The van der Waals surface area contributed by atoms with E-state index in [0.717, 1.165) is 42.6 Å². The molecule has 4 rings (SSSR count). The Kier molecular flexibility index (Phi) is 7.75. The molecular weight excluding hydrogens is 434 g/mol. The van der Waals surface area contributed by atoms with Crippen molar-refractivity contribution in [2.24, 2.45) is 16.8 Å². The lowest BCUT2D eigenvalue weighted by atomic mass is 9.81. The Hall–Kier alpha value is -3.45. The molecule has 1 aromatic heterocycles. The molecule has 0 saturated heterocycles. The molecule has 2 unspecified atom stereocenters. The van der Waals surface area contributed by atoms with Gasteiger partial charge in [0.2, 0.25) is 6.08 Å². The fraction of sp³-hybridized carbons (Fsp3) is 0.520. The second-order valence-electron chi connectivity index (χ2n) is 8.93. The zero-order valence-corrected chi connectivity index (χ0v) is 19.5. The van der Waals surface area contributed by atoms with Crippen LogP contribution in [-0.4, -0.2) is 59.0 Å². The Morgan fingerprint density at radius 1 is 1.24 bits per heavy atom. The molecule has 1 aliphatic heterocycles. The molecule has 2 heterocycles. The fourth-order valence-electron chi connectivity index (χ4n) is 5.00. The van der Waals surface area contributed by atoms with Gasteiger partial charge in [-0.25, -0.2) is 24.1 Å². The first-order valence-electron chi connectivity index (χ1n) is 12.0. The van der Waals surface area contributed by atoms with Crippen molar-refractivity contribution in [2.45, 2.75) is 45.6 Å². The fourth-order valence-corrected chi connectivity index (χ4v) is 5.00. The van der Waals surface area contributed by atoms with E-state index in [1.54, 1.807) is 22.6 Å². The topological polar surface area (TPSA) is 106 Å². The third kappa shape index (κ3) is 5.37. The number of hydrogen-bond donors (Lipinski definition) is 1. The Morgan fingerprint density at radius 3 is 2.79 bits per heavy atom. The number of aromatic nitrogens is 2. The number of fused-ring (bicyclic) bond motifs is 1. The highest BCUT2D eigenvalue weighted by atomic mass is 16.5. The molecule has 0 radical (unpaired) electrons. The number of carbonyl (C=O) groups is 2. The second kappa shape index (κ2) is 11.1. The summed E-state index contributed by atoms with van der Waals surface area (Å²) in [4.78, 5) is 41.5. The summed E-state index contributed by atoms with van der Waals surface area (Å²) >= 11 is 0. The molecule has 1 saturated carbocycles. The lowest BCUT2D eigenvalue weighted by Crippen LogP contribution is -2.45. The summed E-state index contributed by atoms with van der Waals surface area (Å²) in [5.74, 6) is 0.286. The molecule has 1 fully saturated rings. The van der Waals surface area contributed by atoms with Gasteiger partial charge in [-0.1, -0.05) is 24.6 Å². The third-order valence-corrected chi connectivity index (χ3v) is 6.66. The van der Waals surface area contributed by atoms with Crippen molar-refractivity contribution in [3.8, 4) is 5.69 Å². The van der Waals surface area contributed by atoms with Gasteiger partial charge in [0, 0.05) is 25.1 Å². The van der Waals surface area contributed by atoms with Crippen LogP contribution in [-0.2, 0) is 22.5 Å². The summed E-state index contributed by atoms with van der Waals surface area (Å²) in [6.45, 7) is 3.99. The van der Waals surface area contributed by atoms with E-state index < -0.39 is 5.97 Å². The zero-order valence-electron chi connectivity index (χ0n) is 19.5. The van der Waals surface area contributed by atoms with Gasteiger partial charge < -0.3 is 15.0 Å². The predicted molar refractivity (Wildman–Crippen MR) is 125 cm³/mol. The summed E-state index contributed by atoms with van der Waals surface area (Å²) in [6.07, 6.45) is 6.37. The number of amides is 2. The van der Waals surface area contributed by atoms with Crippen LogP contribution in [0, 0.1) is 11.8 Å². The Bertz CT molecular complexity index is 1060.